The van der Waals surface area contributed by atoms with E-state index in [9.17, 15) is 4.79 Å². The van der Waals surface area contributed by atoms with Crippen molar-refractivity contribution in [3.63, 3.8) is 0 Å². The van der Waals surface area contributed by atoms with Crippen LogP contribution in [0.4, 0.5) is 0 Å². The van der Waals surface area contributed by atoms with Gasteiger partial charge >= 0.3 is 0 Å². The van der Waals surface area contributed by atoms with Crippen LogP contribution in [0.3, 0.4) is 0 Å². The molecule has 138 valence electrons. The fourth-order valence-electron chi connectivity index (χ4n) is 3.25. The van der Waals surface area contributed by atoms with Crippen molar-refractivity contribution in [2.45, 2.75) is 38.1 Å². The van der Waals surface area contributed by atoms with E-state index >= 15 is 0 Å². The molecule has 7 nitrogen and oxygen atoms in total. The number of aryl methyl sites for hydroxylation is 2. The first-order valence-corrected chi connectivity index (χ1v) is 9.23. The lowest BCUT2D eigenvalue weighted by atomic mass is 9.92. The van der Waals surface area contributed by atoms with Gasteiger partial charge < -0.3 is 9.84 Å². The van der Waals surface area contributed by atoms with Crippen LogP contribution in [0.15, 0.2) is 41.3 Å². The van der Waals surface area contributed by atoms with Gasteiger partial charge in [0.25, 0.3) is 0 Å². The number of nitrogens with one attached hydrogen (secondary N) is 1. The van der Waals surface area contributed by atoms with Crippen LogP contribution in [0.2, 0.25) is 5.15 Å². The van der Waals surface area contributed by atoms with Gasteiger partial charge in [0.2, 0.25) is 5.91 Å². The number of amides is 1. The zero-order valence-corrected chi connectivity index (χ0v) is 15.3. The number of aromatic nitrogens is 4. The Kier molecular flexibility index (Phi) is 5.11. The molecule has 0 unspecified atom stereocenters. The lowest BCUT2D eigenvalue weighted by Gasteiger charge is -2.25. The molecular weight excluding hydrogens is 366 g/mol. The number of rotatable bonds is 5. The van der Waals surface area contributed by atoms with Crippen molar-refractivity contribution in [2.75, 3.05) is 0 Å². The first-order valence-electron chi connectivity index (χ1n) is 8.86. The third-order valence-electron chi connectivity index (χ3n) is 4.58. The Hall–Kier alpha value is -2.80. The topological polar surface area (TPSA) is 93.8 Å². The van der Waals surface area contributed by atoms with E-state index in [1.165, 1.54) is 0 Å². The summed E-state index contributed by atoms with van der Waals surface area (Å²) in [7, 11) is 0. The molecule has 0 aromatic carbocycles. The van der Waals surface area contributed by atoms with E-state index in [4.69, 9.17) is 21.1 Å². The van der Waals surface area contributed by atoms with Crippen molar-refractivity contribution in [2.24, 2.45) is 0 Å². The lowest BCUT2D eigenvalue weighted by Crippen LogP contribution is -2.31. The maximum atomic E-state index is 12.3. The van der Waals surface area contributed by atoms with E-state index < -0.39 is 0 Å². The highest BCUT2D eigenvalue weighted by Crippen LogP contribution is 2.29. The quantitative estimate of drug-likeness (QED) is 0.726. The highest BCUT2D eigenvalue weighted by Gasteiger charge is 2.24. The van der Waals surface area contributed by atoms with Gasteiger partial charge in [-0.3, -0.25) is 9.78 Å². The largest absolute Gasteiger partial charge is 0.360 e. The molecule has 0 saturated heterocycles. The van der Waals surface area contributed by atoms with Crippen molar-refractivity contribution in [3.05, 3.63) is 59.0 Å². The molecule has 0 aliphatic heterocycles. The third-order valence-corrected chi connectivity index (χ3v) is 4.76. The lowest BCUT2D eigenvalue weighted by molar-refractivity contribution is -0.122. The fraction of sp³-hybridized carbons (Fsp3) is 0.316. The molecule has 0 radical (unpaired) electrons. The standard InChI is InChI=1S/C19H18ClN5O2/c20-17-10-13(27-25-17)4-5-18(26)23-15-2-1-3-16-14(15)11-22-19(24-16)12-6-8-21-9-7-12/h6-11,15H,1-5H2,(H,23,26)/t15-/m1/s1. The van der Waals surface area contributed by atoms with Gasteiger partial charge in [-0.05, 0) is 31.4 Å². The molecule has 1 atom stereocenters. The number of nitrogens with zero attached hydrogens (tertiary/aromatic N) is 4. The number of pyridine rings is 1. The van der Waals surface area contributed by atoms with Crippen molar-refractivity contribution >= 4 is 17.5 Å². The Labute approximate surface area is 161 Å². The Morgan fingerprint density at radius 2 is 2.19 bits per heavy atom. The summed E-state index contributed by atoms with van der Waals surface area (Å²) in [5.41, 5.74) is 2.93. The van der Waals surface area contributed by atoms with Gasteiger partial charge in [-0.2, -0.15) is 0 Å². The smallest absolute Gasteiger partial charge is 0.220 e. The van der Waals surface area contributed by atoms with Crippen LogP contribution in [0, 0.1) is 0 Å². The molecule has 27 heavy (non-hydrogen) atoms. The molecule has 3 aromatic rings. The maximum Gasteiger partial charge on any atom is 0.220 e. The Bertz CT molecular complexity index is 944. The van der Waals surface area contributed by atoms with Gasteiger partial charge in [-0.15, -0.1) is 0 Å². The SMILES string of the molecule is O=C(CCc1cc(Cl)no1)N[C@@H]1CCCc2nc(-c3ccncc3)ncc21. The summed E-state index contributed by atoms with van der Waals surface area (Å²) in [6, 6.07) is 5.34. The first-order chi connectivity index (χ1) is 13.2. The molecule has 1 aliphatic carbocycles. The normalized spacial score (nSPS) is 16.0. The minimum absolute atomic E-state index is 0.0430. The summed E-state index contributed by atoms with van der Waals surface area (Å²) in [4.78, 5) is 25.6. The second-order valence-corrected chi connectivity index (χ2v) is 6.85. The number of halogens is 1. The molecular formula is C19H18ClN5O2. The van der Waals surface area contributed by atoms with Crippen LogP contribution in [-0.4, -0.2) is 26.0 Å². The molecule has 1 aliphatic rings. The number of hydrogen-bond acceptors (Lipinski definition) is 6. The van der Waals surface area contributed by atoms with Gasteiger partial charge in [0.15, 0.2) is 11.0 Å². The highest BCUT2D eigenvalue weighted by atomic mass is 35.5. The average Bonchev–Trinajstić information content (AvgIpc) is 3.12. The van der Waals surface area contributed by atoms with Crippen LogP contribution in [0.5, 0.6) is 0 Å². The molecule has 0 fully saturated rings. The maximum absolute atomic E-state index is 12.3. The van der Waals surface area contributed by atoms with Crippen molar-refractivity contribution in [1.29, 1.82) is 0 Å². The number of fused-ring (bicyclic) bond motifs is 1. The summed E-state index contributed by atoms with van der Waals surface area (Å²) in [5, 5.41) is 7.00. The molecule has 8 heteroatoms. The van der Waals surface area contributed by atoms with Crippen molar-refractivity contribution < 1.29 is 9.32 Å². The molecule has 0 spiro atoms. The number of carbonyl (C=O) groups is 1. The summed E-state index contributed by atoms with van der Waals surface area (Å²) >= 11 is 5.72. The summed E-state index contributed by atoms with van der Waals surface area (Å²) in [6.45, 7) is 0. The molecule has 1 N–H and O–H groups in total. The third kappa shape index (κ3) is 4.14. The van der Waals surface area contributed by atoms with Gasteiger partial charge in [0.1, 0.15) is 5.76 Å². The second kappa shape index (κ2) is 7.84. The Morgan fingerprint density at radius 3 is 2.96 bits per heavy atom. The minimum Gasteiger partial charge on any atom is -0.360 e. The Balaban J connectivity index is 1.44. The number of hydrogen-bond donors (Lipinski definition) is 1. The van der Waals surface area contributed by atoms with Crippen molar-refractivity contribution in [3.8, 4) is 11.4 Å². The zero-order chi connectivity index (χ0) is 18.6. The monoisotopic (exact) mass is 383 g/mol. The van der Waals surface area contributed by atoms with Gasteiger partial charge in [0, 0.05) is 54.3 Å². The van der Waals surface area contributed by atoms with E-state index in [2.05, 4.69) is 20.4 Å². The second-order valence-electron chi connectivity index (χ2n) is 6.46. The summed E-state index contributed by atoms with van der Waals surface area (Å²) in [6.07, 6.45) is 8.80. The van der Waals surface area contributed by atoms with Crippen molar-refractivity contribution in [1.82, 2.24) is 25.4 Å². The zero-order valence-electron chi connectivity index (χ0n) is 14.6. The van der Waals surface area contributed by atoms with Crippen LogP contribution < -0.4 is 5.32 Å². The van der Waals surface area contributed by atoms with Gasteiger partial charge in [-0.1, -0.05) is 16.8 Å². The van der Waals surface area contributed by atoms with E-state index in [0.717, 1.165) is 36.1 Å². The molecule has 0 bridgehead atoms. The Morgan fingerprint density at radius 1 is 1.33 bits per heavy atom. The molecule has 3 heterocycles. The van der Waals surface area contributed by atoms with Gasteiger partial charge in [0.05, 0.1) is 6.04 Å². The van der Waals surface area contributed by atoms with E-state index in [1.807, 2.05) is 18.3 Å². The van der Waals surface area contributed by atoms with E-state index in [1.54, 1.807) is 18.5 Å². The molecule has 3 aromatic heterocycles. The van der Waals surface area contributed by atoms with Crippen LogP contribution >= 0.6 is 11.6 Å². The predicted molar refractivity (Wildman–Crippen MR) is 98.9 cm³/mol. The number of carbonyl (C=O) groups excluding carboxylic acids is 1. The van der Waals surface area contributed by atoms with E-state index in [0.29, 0.717) is 29.6 Å². The van der Waals surface area contributed by atoms with Crippen LogP contribution in [0.25, 0.3) is 11.4 Å². The average molecular weight is 384 g/mol. The fourth-order valence-corrected chi connectivity index (χ4v) is 3.40. The van der Waals surface area contributed by atoms with E-state index in [-0.39, 0.29) is 11.9 Å². The molecule has 0 saturated carbocycles. The van der Waals surface area contributed by atoms with Crippen LogP contribution in [0.1, 0.15) is 42.3 Å². The highest BCUT2D eigenvalue weighted by molar-refractivity contribution is 6.29. The minimum atomic E-state index is -0.0638. The predicted octanol–water partition coefficient (Wildman–Crippen LogP) is 3.31. The summed E-state index contributed by atoms with van der Waals surface area (Å²) in [5.74, 6) is 1.24. The van der Waals surface area contributed by atoms with Gasteiger partial charge in [-0.25, -0.2) is 9.97 Å². The van der Waals surface area contributed by atoms with Crippen LogP contribution in [-0.2, 0) is 17.6 Å². The summed E-state index contributed by atoms with van der Waals surface area (Å²) < 4.78 is 5.03. The molecule has 1 amide bonds. The first kappa shape index (κ1) is 17.6. The molecule has 4 rings (SSSR count).